The molecule has 0 bridgehead atoms. The van der Waals surface area contributed by atoms with Gasteiger partial charge in [0.2, 0.25) is 11.8 Å². The summed E-state index contributed by atoms with van der Waals surface area (Å²) in [6.45, 7) is 0. The third kappa shape index (κ3) is 3.52. The van der Waals surface area contributed by atoms with Crippen molar-refractivity contribution in [2.75, 3.05) is 12.4 Å². The van der Waals surface area contributed by atoms with Crippen molar-refractivity contribution in [2.24, 2.45) is 0 Å². The van der Waals surface area contributed by atoms with Crippen molar-refractivity contribution in [2.45, 2.75) is 6.18 Å². The van der Waals surface area contributed by atoms with Crippen molar-refractivity contribution in [3.05, 3.63) is 40.8 Å². The molecular weight excluding hydrogens is 314 g/mol. The Balaban J connectivity index is 2.36. The Kier molecular flexibility index (Phi) is 4.17. The number of rotatable bonds is 3. The number of ether oxygens (including phenoxy) is 1. The van der Waals surface area contributed by atoms with Gasteiger partial charge in [0, 0.05) is 7.05 Å². The third-order valence-corrected chi connectivity index (χ3v) is 2.65. The molecule has 0 fully saturated rings. The molecule has 21 heavy (non-hydrogen) atoms. The van der Waals surface area contributed by atoms with Crippen molar-refractivity contribution < 1.29 is 22.3 Å². The maximum atomic E-state index is 13.2. The van der Waals surface area contributed by atoms with Crippen LogP contribution in [0.3, 0.4) is 0 Å². The number of halogens is 5. The molecule has 0 radical (unpaired) electrons. The lowest BCUT2D eigenvalue weighted by Crippen LogP contribution is -2.08. The number of anilines is 1. The van der Waals surface area contributed by atoms with Crippen LogP contribution in [0, 0.1) is 5.82 Å². The van der Waals surface area contributed by atoms with E-state index in [0.717, 1.165) is 6.07 Å². The summed E-state index contributed by atoms with van der Waals surface area (Å²) < 4.78 is 56.1. The molecule has 9 heteroatoms. The molecule has 1 N–H and O–H groups in total. The lowest BCUT2D eigenvalue weighted by molar-refractivity contribution is -0.140. The summed E-state index contributed by atoms with van der Waals surface area (Å²) in [5.74, 6) is -1.60. The van der Waals surface area contributed by atoms with E-state index in [4.69, 9.17) is 16.3 Å². The molecule has 112 valence electrons. The van der Waals surface area contributed by atoms with Gasteiger partial charge in [0.1, 0.15) is 16.6 Å². The summed E-state index contributed by atoms with van der Waals surface area (Å²) in [6.07, 6.45) is -3.60. The Bertz CT molecular complexity index is 663. The van der Waals surface area contributed by atoms with Gasteiger partial charge in [0.15, 0.2) is 0 Å². The zero-order valence-electron chi connectivity index (χ0n) is 10.5. The van der Waals surface area contributed by atoms with Crippen LogP contribution >= 0.6 is 11.6 Å². The number of nitrogens with one attached hydrogen (secondary N) is 1. The van der Waals surface area contributed by atoms with Gasteiger partial charge >= 0.3 is 6.18 Å². The molecule has 0 aliphatic rings. The van der Waals surface area contributed by atoms with Crippen molar-refractivity contribution >= 4 is 17.5 Å². The van der Waals surface area contributed by atoms with Crippen molar-refractivity contribution in [1.82, 2.24) is 9.97 Å². The first-order valence-corrected chi connectivity index (χ1v) is 5.94. The van der Waals surface area contributed by atoms with E-state index in [-0.39, 0.29) is 22.6 Å². The molecule has 0 unspecified atom stereocenters. The second-order valence-corrected chi connectivity index (χ2v) is 4.25. The quantitative estimate of drug-likeness (QED) is 0.864. The highest BCUT2D eigenvalue weighted by Crippen LogP contribution is 2.35. The third-order valence-electron chi connectivity index (χ3n) is 2.39. The largest absolute Gasteiger partial charge is 0.437 e. The normalized spacial score (nSPS) is 11.3. The van der Waals surface area contributed by atoms with Crippen molar-refractivity contribution in [3.63, 3.8) is 0 Å². The molecule has 1 aromatic heterocycles. The first-order valence-electron chi connectivity index (χ1n) is 5.56. The fourth-order valence-corrected chi connectivity index (χ4v) is 1.57. The fourth-order valence-electron chi connectivity index (χ4n) is 1.44. The Hall–Kier alpha value is -2.09. The lowest BCUT2D eigenvalue weighted by atomic mass is 10.2. The maximum Gasteiger partial charge on any atom is 0.419 e. The minimum atomic E-state index is -4.82. The molecule has 1 aromatic carbocycles. The molecule has 0 saturated carbocycles. The molecule has 0 aliphatic heterocycles. The predicted octanol–water partition coefficient (Wildman–Crippen LogP) is 4.12. The molecule has 1 heterocycles. The number of nitrogens with zero attached hydrogens (tertiary/aromatic N) is 2. The Morgan fingerprint density at radius 1 is 1.29 bits per heavy atom. The zero-order chi connectivity index (χ0) is 15.6. The van der Waals surface area contributed by atoms with E-state index in [1.807, 2.05) is 0 Å². The van der Waals surface area contributed by atoms with E-state index in [9.17, 15) is 17.6 Å². The maximum absolute atomic E-state index is 13.2. The van der Waals surface area contributed by atoms with Crippen LogP contribution < -0.4 is 10.1 Å². The highest BCUT2D eigenvalue weighted by molar-refractivity contribution is 6.31. The number of hydrogen-bond donors (Lipinski definition) is 1. The summed E-state index contributed by atoms with van der Waals surface area (Å²) in [5.41, 5.74) is -1.43. The number of hydrogen-bond acceptors (Lipinski definition) is 4. The van der Waals surface area contributed by atoms with Crippen LogP contribution in [0.1, 0.15) is 5.56 Å². The second-order valence-electron chi connectivity index (χ2n) is 3.84. The van der Waals surface area contributed by atoms with Gasteiger partial charge < -0.3 is 10.1 Å². The van der Waals surface area contributed by atoms with Gasteiger partial charge in [-0.3, -0.25) is 0 Å². The lowest BCUT2D eigenvalue weighted by Gasteiger charge is -2.11. The minimum Gasteiger partial charge on any atom is -0.437 e. The summed E-state index contributed by atoms with van der Waals surface area (Å²) in [7, 11) is 1.55. The van der Waals surface area contributed by atoms with Gasteiger partial charge in [-0.1, -0.05) is 11.6 Å². The minimum absolute atomic E-state index is 0.00637. The molecule has 0 aliphatic carbocycles. The highest BCUT2D eigenvalue weighted by Gasteiger charge is 2.34. The summed E-state index contributed by atoms with van der Waals surface area (Å²) >= 11 is 5.79. The first-order chi connectivity index (χ1) is 9.81. The van der Waals surface area contributed by atoms with Gasteiger partial charge in [-0.05, 0) is 18.2 Å². The number of alkyl halides is 3. The van der Waals surface area contributed by atoms with E-state index in [1.165, 1.54) is 6.20 Å². The molecule has 2 aromatic rings. The van der Waals surface area contributed by atoms with Crippen molar-refractivity contribution in [1.29, 1.82) is 0 Å². The van der Waals surface area contributed by atoms with Gasteiger partial charge in [-0.15, -0.1) is 0 Å². The van der Waals surface area contributed by atoms with Gasteiger partial charge in [0.05, 0.1) is 11.8 Å². The highest BCUT2D eigenvalue weighted by atomic mass is 35.5. The smallest absolute Gasteiger partial charge is 0.419 e. The second kappa shape index (κ2) is 5.72. The standard InChI is InChI=1S/C12H8ClF4N3O/c1-18-11-19-5-8(13)10(20-11)21-6-2-3-9(14)7(4-6)12(15,16)17/h2-5H,1H3,(H,18,19,20). The van der Waals surface area contributed by atoms with Gasteiger partial charge in [0.25, 0.3) is 0 Å². The van der Waals surface area contributed by atoms with Gasteiger partial charge in [-0.2, -0.15) is 18.2 Å². The number of aromatic nitrogens is 2. The van der Waals surface area contributed by atoms with E-state index in [2.05, 4.69) is 15.3 Å². The molecule has 0 atom stereocenters. The molecule has 4 nitrogen and oxygen atoms in total. The molecule has 2 rings (SSSR count). The zero-order valence-corrected chi connectivity index (χ0v) is 11.3. The molecule has 0 saturated heterocycles. The van der Waals surface area contributed by atoms with Crippen LogP contribution in [0.5, 0.6) is 11.6 Å². The topological polar surface area (TPSA) is 47.0 Å². The molecular formula is C12H8ClF4N3O. The Morgan fingerprint density at radius 3 is 2.62 bits per heavy atom. The molecule has 0 spiro atoms. The predicted molar refractivity (Wildman–Crippen MR) is 68.1 cm³/mol. The summed E-state index contributed by atoms with van der Waals surface area (Å²) in [5, 5.41) is 2.63. The van der Waals surface area contributed by atoms with E-state index < -0.39 is 17.6 Å². The monoisotopic (exact) mass is 321 g/mol. The summed E-state index contributed by atoms with van der Waals surface area (Å²) in [4.78, 5) is 7.64. The van der Waals surface area contributed by atoms with Gasteiger partial charge in [-0.25, -0.2) is 9.37 Å². The average molecular weight is 322 g/mol. The molecule has 0 amide bonds. The van der Waals surface area contributed by atoms with Crippen LogP contribution in [0.2, 0.25) is 5.02 Å². The van der Waals surface area contributed by atoms with E-state index >= 15 is 0 Å². The van der Waals surface area contributed by atoms with Crippen molar-refractivity contribution in [3.8, 4) is 11.6 Å². The Labute approximate surface area is 121 Å². The Morgan fingerprint density at radius 2 is 2.00 bits per heavy atom. The van der Waals surface area contributed by atoms with Crippen LogP contribution in [-0.2, 0) is 6.18 Å². The average Bonchev–Trinajstić information content (AvgIpc) is 2.42. The summed E-state index contributed by atoms with van der Waals surface area (Å²) in [6, 6.07) is 2.24. The van der Waals surface area contributed by atoms with Crippen LogP contribution in [0.4, 0.5) is 23.5 Å². The van der Waals surface area contributed by atoms with E-state index in [0.29, 0.717) is 12.1 Å². The fraction of sp³-hybridized carbons (Fsp3) is 0.167. The van der Waals surface area contributed by atoms with Crippen LogP contribution in [0.25, 0.3) is 0 Å². The van der Waals surface area contributed by atoms with E-state index in [1.54, 1.807) is 7.05 Å². The number of benzene rings is 1. The van der Waals surface area contributed by atoms with Crippen LogP contribution in [-0.4, -0.2) is 17.0 Å². The van der Waals surface area contributed by atoms with Crippen LogP contribution in [0.15, 0.2) is 24.4 Å². The first kappa shape index (κ1) is 15.3. The SMILES string of the molecule is CNc1ncc(Cl)c(Oc2ccc(F)c(C(F)(F)F)c2)n1.